The van der Waals surface area contributed by atoms with Gasteiger partial charge < -0.3 is 5.32 Å². The van der Waals surface area contributed by atoms with Crippen LogP contribution in [-0.2, 0) is 13.5 Å². The Kier molecular flexibility index (Phi) is 5.57. The lowest BCUT2D eigenvalue weighted by atomic mass is 9.99. The van der Waals surface area contributed by atoms with Crippen molar-refractivity contribution in [1.29, 1.82) is 0 Å². The zero-order valence-corrected chi connectivity index (χ0v) is 13.7. The molecule has 0 amide bonds. The lowest BCUT2D eigenvalue weighted by Crippen LogP contribution is -2.25. The lowest BCUT2D eigenvalue weighted by molar-refractivity contribution is 0.552. The summed E-state index contributed by atoms with van der Waals surface area (Å²) in [5.74, 6) is 0. The van der Waals surface area contributed by atoms with Gasteiger partial charge in [0, 0.05) is 7.05 Å². The van der Waals surface area contributed by atoms with Crippen molar-refractivity contribution in [1.82, 2.24) is 15.1 Å². The van der Waals surface area contributed by atoms with Crippen LogP contribution in [0, 0.1) is 6.92 Å². The van der Waals surface area contributed by atoms with Gasteiger partial charge in [-0.1, -0.05) is 44.5 Å². The molecule has 0 fully saturated rings. The second-order valence-corrected chi connectivity index (χ2v) is 5.72. The highest BCUT2D eigenvalue weighted by Crippen LogP contribution is 2.23. The van der Waals surface area contributed by atoms with E-state index in [1.807, 2.05) is 18.7 Å². The summed E-state index contributed by atoms with van der Waals surface area (Å²) in [7, 11) is 2.03. The first-order chi connectivity index (χ1) is 10.2. The molecule has 1 aromatic heterocycles. The third kappa shape index (κ3) is 3.94. The molecule has 0 radical (unpaired) electrons. The second-order valence-electron chi connectivity index (χ2n) is 5.72. The number of benzene rings is 1. The van der Waals surface area contributed by atoms with Crippen LogP contribution in [0.25, 0.3) is 0 Å². The van der Waals surface area contributed by atoms with Crippen LogP contribution in [0.5, 0.6) is 0 Å². The van der Waals surface area contributed by atoms with E-state index in [1.165, 1.54) is 23.2 Å². The second kappa shape index (κ2) is 7.41. The fourth-order valence-corrected chi connectivity index (χ4v) is 2.80. The highest BCUT2D eigenvalue weighted by molar-refractivity contribution is 5.32. The molecular formula is C18H27N3. The van der Waals surface area contributed by atoms with Gasteiger partial charge in [0.1, 0.15) is 0 Å². The Morgan fingerprint density at radius 3 is 2.62 bits per heavy atom. The molecule has 3 heteroatoms. The molecule has 114 valence electrons. The highest BCUT2D eigenvalue weighted by atomic mass is 15.3. The molecule has 0 bridgehead atoms. The summed E-state index contributed by atoms with van der Waals surface area (Å²) < 4.78 is 2.00. The van der Waals surface area contributed by atoms with Gasteiger partial charge >= 0.3 is 0 Å². The molecule has 0 saturated heterocycles. The topological polar surface area (TPSA) is 29.9 Å². The molecule has 21 heavy (non-hydrogen) atoms. The van der Waals surface area contributed by atoms with E-state index < -0.39 is 0 Å². The van der Waals surface area contributed by atoms with Gasteiger partial charge in [-0.15, -0.1) is 0 Å². The van der Waals surface area contributed by atoms with Crippen LogP contribution in [-0.4, -0.2) is 16.3 Å². The summed E-state index contributed by atoms with van der Waals surface area (Å²) in [4.78, 5) is 0. The van der Waals surface area contributed by atoms with Crippen LogP contribution in [0.4, 0.5) is 0 Å². The summed E-state index contributed by atoms with van der Waals surface area (Å²) in [5.41, 5.74) is 5.05. The first-order valence-corrected chi connectivity index (χ1v) is 7.98. The number of aromatic nitrogens is 2. The van der Waals surface area contributed by atoms with Crippen molar-refractivity contribution in [3.05, 3.63) is 52.8 Å². The SMILES string of the molecule is CCCNC(c1cccc(CCC)c1)c1cc(C)nn1C. The molecule has 1 N–H and O–H groups in total. The van der Waals surface area contributed by atoms with Crippen molar-refractivity contribution in [3.8, 4) is 0 Å². The maximum atomic E-state index is 4.50. The number of nitrogens with zero attached hydrogens (tertiary/aromatic N) is 2. The molecule has 1 aromatic carbocycles. The van der Waals surface area contributed by atoms with E-state index in [1.54, 1.807) is 0 Å². The third-order valence-corrected chi connectivity index (χ3v) is 3.76. The maximum absolute atomic E-state index is 4.50. The fraction of sp³-hybridized carbons (Fsp3) is 0.500. The molecule has 0 spiro atoms. The molecule has 2 rings (SSSR count). The van der Waals surface area contributed by atoms with Crippen molar-refractivity contribution >= 4 is 0 Å². The van der Waals surface area contributed by atoms with Gasteiger partial charge in [-0.25, -0.2) is 0 Å². The zero-order valence-electron chi connectivity index (χ0n) is 13.7. The Bertz CT molecular complexity index is 572. The minimum Gasteiger partial charge on any atom is -0.305 e. The summed E-state index contributed by atoms with van der Waals surface area (Å²) in [6.45, 7) is 7.48. The molecule has 0 aliphatic carbocycles. The zero-order chi connectivity index (χ0) is 15.2. The van der Waals surface area contributed by atoms with Gasteiger partial charge in [-0.2, -0.15) is 5.10 Å². The molecular weight excluding hydrogens is 258 g/mol. The number of nitrogens with one attached hydrogen (secondary N) is 1. The standard InChI is InChI=1S/C18H27N3/c1-5-8-15-9-7-10-16(13-15)18(19-11-6-2)17-12-14(3)20-21(17)4/h7,9-10,12-13,18-19H,5-6,8,11H2,1-4H3. The van der Waals surface area contributed by atoms with Gasteiger partial charge in [0.25, 0.3) is 0 Å². The van der Waals surface area contributed by atoms with E-state index >= 15 is 0 Å². The van der Waals surface area contributed by atoms with Crippen LogP contribution in [0.15, 0.2) is 30.3 Å². The third-order valence-electron chi connectivity index (χ3n) is 3.76. The largest absolute Gasteiger partial charge is 0.305 e. The van der Waals surface area contributed by atoms with Crippen LogP contribution in [0.1, 0.15) is 55.2 Å². The average molecular weight is 285 g/mol. The highest BCUT2D eigenvalue weighted by Gasteiger charge is 2.17. The molecule has 3 nitrogen and oxygen atoms in total. The Labute approximate surface area is 128 Å². The van der Waals surface area contributed by atoms with Crippen molar-refractivity contribution in [3.63, 3.8) is 0 Å². The number of hydrogen-bond acceptors (Lipinski definition) is 2. The Hall–Kier alpha value is -1.61. The van der Waals surface area contributed by atoms with Gasteiger partial charge in [0.05, 0.1) is 17.4 Å². The van der Waals surface area contributed by atoms with Crippen LogP contribution in [0.3, 0.4) is 0 Å². The summed E-state index contributed by atoms with van der Waals surface area (Å²) >= 11 is 0. The summed E-state index contributed by atoms with van der Waals surface area (Å²) in [6, 6.07) is 11.3. The number of hydrogen-bond donors (Lipinski definition) is 1. The number of rotatable bonds is 7. The molecule has 0 saturated carbocycles. The molecule has 0 aliphatic heterocycles. The van der Waals surface area contributed by atoms with E-state index in [-0.39, 0.29) is 6.04 Å². The van der Waals surface area contributed by atoms with E-state index in [0.29, 0.717) is 0 Å². The molecule has 0 aliphatic rings. The first kappa shape index (κ1) is 15.8. The van der Waals surface area contributed by atoms with Gasteiger partial charge in [-0.3, -0.25) is 4.68 Å². The predicted molar refractivity (Wildman–Crippen MR) is 88.5 cm³/mol. The Morgan fingerprint density at radius 1 is 1.19 bits per heavy atom. The van der Waals surface area contributed by atoms with Crippen LogP contribution in [0.2, 0.25) is 0 Å². The first-order valence-electron chi connectivity index (χ1n) is 7.98. The fourth-order valence-electron chi connectivity index (χ4n) is 2.80. The molecule has 2 aromatic rings. The number of aryl methyl sites for hydroxylation is 3. The quantitative estimate of drug-likeness (QED) is 0.839. The molecule has 1 heterocycles. The van der Waals surface area contributed by atoms with E-state index in [0.717, 1.165) is 25.1 Å². The summed E-state index contributed by atoms with van der Waals surface area (Å²) in [5, 5.41) is 8.17. The van der Waals surface area contributed by atoms with Crippen LogP contribution >= 0.6 is 0 Å². The summed E-state index contributed by atoms with van der Waals surface area (Å²) in [6.07, 6.45) is 3.45. The molecule has 1 unspecified atom stereocenters. The minimum atomic E-state index is 0.216. The van der Waals surface area contributed by atoms with Crippen molar-refractivity contribution < 1.29 is 0 Å². The predicted octanol–water partition coefficient (Wildman–Crippen LogP) is 3.77. The molecule has 1 atom stereocenters. The van der Waals surface area contributed by atoms with E-state index in [9.17, 15) is 0 Å². The van der Waals surface area contributed by atoms with Crippen molar-refractivity contribution in [2.45, 2.75) is 46.1 Å². The van der Waals surface area contributed by atoms with Gasteiger partial charge in [0.2, 0.25) is 0 Å². The maximum Gasteiger partial charge on any atom is 0.0748 e. The van der Waals surface area contributed by atoms with Gasteiger partial charge in [0.15, 0.2) is 0 Å². The normalized spacial score (nSPS) is 12.6. The van der Waals surface area contributed by atoms with E-state index in [4.69, 9.17) is 0 Å². The van der Waals surface area contributed by atoms with Crippen LogP contribution < -0.4 is 5.32 Å². The lowest BCUT2D eigenvalue weighted by Gasteiger charge is -2.20. The average Bonchev–Trinajstić information content (AvgIpc) is 2.79. The Balaban J connectivity index is 2.35. The van der Waals surface area contributed by atoms with Crippen molar-refractivity contribution in [2.24, 2.45) is 7.05 Å². The van der Waals surface area contributed by atoms with Gasteiger partial charge in [-0.05, 0) is 43.5 Å². The van der Waals surface area contributed by atoms with E-state index in [2.05, 4.69) is 54.6 Å². The van der Waals surface area contributed by atoms with Crippen molar-refractivity contribution in [2.75, 3.05) is 6.54 Å². The Morgan fingerprint density at radius 2 is 2.00 bits per heavy atom. The minimum absolute atomic E-state index is 0.216. The smallest absolute Gasteiger partial charge is 0.0748 e. The monoisotopic (exact) mass is 285 g/mol.